The first kappa shape index (κ1) is 18.3. The highest BCUT2D eigenvalue weighted by Gasteiger charge is 2.60. The quantitative estimate of drug-likeness (QED) is 0.505. The van der Waals surface area contributed by atoms with Crippen molar-refractivity contribution >= 4 is 6.16 Å². The summed E-state index contributed by atoms with van der Waals surface area (Å²) in [5.74, 6) is 2.21. The normalized spacial score (nSPS) is 47.2. The van der Waals surface area contributed by atoms with Crippen LogP contribution in [0.5, 0.6) is 0 Å². The molecule has 4 aliphatic rings. The number of rotatable bonds is 2. The van der Waals surface area contributed by atoms with Crippen molar-refractivity contribution in [3.63, 3.8) is 0 Å². The summed E-state index contributed by atoms with van der Waals surface area (Å²) in [7, 11) is 3.24. The molecule has 4 aliphatic carbocycles. The molecule has 0 N–H and O–H groups in total. The zero-order valence-corrected chi connectivity index (χ0v) is 16.8. The summed E-state index contributed by atoms with van der Waals surface area (Å²) < 4.78 is 16.1. The molecule has 146 valence electrons. The van der Waals surface area contributed by atoms with E-state index >= 15 is 0 Å². The van der Waals surface area contributed by atoms with Gasteiger partial charge in [0.2, 0.25) is 0 Å². The fourth-order valence-corrected chi connectivity index (χ4v) is 7.19. The minimum Gasteiger partial charge on any atom is -0.438 e. The predicted molar refractivity (Wildman–Crippen MR) is 99.8 cm³/mol. The lowest BCUT2D eigenvalue weighted by Crippen LogP contribution is -2.51. The molecule has 1 unspecified atom stereocenters. The number of hydrogen-bond acceptors (Lipinski definition) is 4. The van der Waals surface area contributed by atoms with Gasteiger partial charge in [-0.3, -0.25) is 0 Å². The Morgan fingerprint density at radius 2 is 1.85 bits per heavy atom. The van der Waals surface area contributed by atoms with Gasteiger partial charge < -0.3 is 14.2 Å². The summed E-state index contributed by atoms with van der Waals surface area (Å²) in [4.78, 5) is 11.7. The Bertz CT molecular complexity index is 599. The molecule has 0 aromatic carbocycles. The minimum absolute atomic E-state index is 0.0230. The highest BCUT2D eigenvalue weighted by molar-refractivity contribution is 5.60. The molecule has 0 radical (unpaired) electrons. The lowest BCUT2D eigenvalue weighted by Gasteiger charge is -2.58. The van der Waals surface area contributed by atoms with E-state index in [1.165, 1.54) is 39.2 Å². The summed E-state index contributed by atoms with van der Waals surface area (Å²) in [6.45, 7) is 4.88. The van der Waals surface area contributed by atoms with E-state index in [-0.39, 0.29) is 11.5 Å². The number of allylic oxidation sites excluding steroid dienone is 1. The van der Waals surface area contributed by atoms with Crippen molar-refractivity contribution < 1.29 is 19.0 Å². The van der Waals surface area contributed by atoms with Crippen LogP contribution in [-0.4, -0.2) is 32.6 Å². The fourth-order valence-electron chi connectivity index (χ4n) is 7.19. The molecule has 4 heteroatoms. The van der Waals surface area contributed by atoms with Crippen molar-refractivity contribution in [2.75, 3.05) is 14.2 Å². The standard InChI is InChI=1S/C22H34O4/c1-21-11-9-15(24-3)13-14(21)5-6-16-17-7-8-19(26-20(23)25-4)22(17,2)12-10-18(16)21/h13,15-19H,5-12H2,1-4H3/t15?,16-,17-,18-,19-,21-,22-/m0/s1. The smallest absolute Gasteiger partial charge is 0.438 e. The zero-order valence-electron chi connectivity index (χ0n) is 16.8. The molecule has 3 saturated carbocycles. The van der Waals surface area contributed by atoms with Crippen LogP contribution >= 0.6 is 0 Å². The van der Waals surface area contributed by atoms with Crippen LogP contribution in [0.3, 0.4) is 0 Å². The average molecular weight is 363 g/mol. The van der Waals surface area contributed by atoms with Crippen molar-refractivity contribution in [3.8, 4) is 0 Å². The predicted octanol–water partition coefficient (Wildman–Crippen LogP) is 5.12. The maximum atomic E-state index is 11.7. The molecule has 7 atom stereocenters. The summed E-state index contributed by atoms with van der Waals surface area (Å²) >= 11 is 0. The van der Waals surface area contributed by atoms with Gasteiger partial charge in [-0.25, -0.2) is 4.79 Å². The van der Waals surface area contributed by atoms with Crippen molar-refractivity contribution in [2.45, 2.75) is 77.4 Å². The van der Waals surface area contributed by atoms with E-state index in [2.05, 4.69) is 19.9 Å². The summed E-state index contributed by atoms with van der Waals surface area (Å²) in [5, 5.41) is 0. The Labute approximate surface area is 157 Å². The Morgan fingerprint density at radius 1 is 1.04 bits per heavy atom. The molecule has 0 bridgehead atoms. The summed E-state index contributed by atoms with van der Waals surface area (Å²) in [6.07, 6.45) is 11.8. The van der Waals surface area contributed by atoms with E-state index < -0.39 is 6.16 Å². The molecule has 0 amide bonds. The van der Waals surface area contributed by atoms with E-state index in [9.17, 15) is 4.79 Å². The molecule has 4 nitrogen and oxygen atoms in total. The molecule has 3 fully saturated rings. The number of methoxy groups -OCH3 is 2. The van der Waals surface area contributed by atoms with Gasteiger partial charge in [-0.1, -0.05) is 25.5 Å². The van der Waals surface area contributed by atoms with Crippen molar-refractivity contribution in [2.24, 2.45) is 28.6 Å². The number of carbonyl (C=O) groups excluding carboxylic acids is 1. The molecule has 26 heavy (non-hydrogen) atoms. The van der Waals surface area contributed by atoms with Gasteiger partial charge in [0.25, 0.3) is 0 Å². The Hall–Kier alpha value is -1.03. The van der Waals surface area contributed by atoms with Gasteiger partial charge in [-0.15, -0.1) is 0 Å². The first-order valence-corrected chi connectivity index (χ1v) is 10.4. The van der Waals surface area contributed by atoms with E-state index in [0.717, 1.165) is 31.1 Å². The highest BCUT2D eigenvalue weighted by atomic mass is 16.7. The maximum Gasteiger partial charge on any atom is 0.508 e. The van der Waals surface area contributed by atoms with Crippen LogP contribution < -0.4 is 0 Å². The molecular weight excluding hydrogens is 328 g/mol. The molecule has 0 aromatic rings. The molecule has 0 spiro atoms. The zero-order chi connectivity index (χ0) is 18.5. The lowest BCUT2D eigenvalue weighted by molar-refractivity contribution is -0.0872. The van der Waals surface area contributed by atoms with Gasteiger partial charge in [0.1, 0.15) is 6.10 Å². The van der Waals surface area contributed by atoms with Crippen LogP contribution in [0.15, 0.2) is 11.6 Å². The topological polar surface area (TPSA) is 44.8 Å². The SMILES string of the molecule is COC(=O)O[C@H]1CC[C@H]2[C@@H]3CCC4=CC(OC)CC[C@]4(C)[C@H]3CC[C@]12C. The number of ether oxygens (including phenoxy) is 3. The van der Waals surface area contributed by atoms with Crippen LogP contribution in [-0.2, 0) is 14.2 Å². The lowest BCUT2D eigenvalue weighted by atomic mass is 9.47. The van der Waals surface area contributed by atoms with Crippen molar-refractivity contribution in [3.05, 3.63) is 11.6 Å². The second kappa shape index (κ2) is 6.54. The van der Waals surface area contributed by atoms with Gasteiger partial charge >= 0.3 is 6.16 Å². The van der Waals surface area contributed by atoms with Crippen LogP contribution in [0.2, 0.25) is 0 Å². The molecule has 0 aliphatic heterocycles. The van der Waals surface area contributed by atoms with Crippen LogP contribution in [0, 0.1) is 28.6 Å². The second-order valence-corrected chi connectivity index (χ2v) is 9.52. The van der Waals surface area contributed by atoms with E-state index in [1.807, 2.05) is 7.11 Å². The van der Waals surface area contributed by atoms with E-state index in [4.69, 9.17) is 14.2 Å². The van der Waals surface area contributed by atoms with Gasteiger partial charge in [-0.05, 0) is 74.5 Å². The summed E-state index contributed by atoms with van der Waals surface area (Å²) in [6, 6.07) is 0. The molecular formula is C22H34O4. The third kappa shape index (κ3) is 2.63. The Kier molecular flexibility index (Phi) is 4.61. The molecule has 4 rings (SSSR count). The molecule has 0 heterocycles. The highest BCUT2D eigenvalue weighted by Crippen LogP contribution is 2.65. The van der Waals surface area contributed by atoms with Crippen molar-refractivity contribution in [1.29, 1.82) is 0 Å². The Balaban J connectivity index is 1.57. The van der Waals surface area contributed by atoms with Gasteiger partial charge in [0.05, 0.1) is 13.2 Å². The van der Waals surface area contributed by atoms with Crippen LogP contribution in [0.4, 0.5) is 4.79 Å². The monoisotopic (exact) mass is 362 g/mol. The van der Waals surface area contributed by atoms with E-state index in [1.54, 1.807) is 5.57 Å². The number of hydrogen-bond donors (Lipinski definition) is 0. The number of carbonyl (C=O) groups is 1. The van der Waals surface area contributed by atoms with Gasteiger partial charge in [0, 0.05) is 12.5 Å². The van der Waals surface area contributed by atoms with Crippen LogP contribution in [0.25, 0.3) is 0 Å². The molecule has 0 aromatic heterocycles. The minimum atomic E-state index is -0.516. The Morgan fingerprint density at radius 3 is 2.58 bits per heavy atom. The molecule has 0 saturated heterocycles. The first-order valence-electron chi connectivity index (χ1n) is 10.4. The third-order valence-corrected chi connectivity index (χ3v) is 8.69. The fraction of sp³-hybridized carbons (Fsp3) is 0.864. The number of fused-ring (bicyclic) bond motifs is 5. The first-order chi connectivity index (χ1) is 12.4. The average Bonchev–Trinajstić information content (AvgIpc) is 2.97. The van der Waals surface area contributed by atoms with Crippen molar-refractivity contribution in [1.82, 2.24) is 0 Å². The maximum absolute atomic E-state index is 11.7. The van der Waals surface area contributed by atoms with Crippen LogP contribution in [0.1, 0.15) is 65.2 Å². The largest absolute Gasteiger partial charge is 0.508 e. The second-order valence-electron chi connectivity index (χ2n) is 9.52. The summed E-state index contributed by atoms with van der Waals surface area (Å²) in [5.41, 5.74) is 2.12. The van der Waals surface area contributed by atoms with Gasteiger partial charge in [0.15, 0.2) is 0 Å². The van der Waals surface area contributed by atoms with Gasteiger partial charge in [-0.2, -0.15) is 0 Å². The van der Waals surface area contributed by atoms with E-state index in [0.29, 0.717) is 17.4 Å². The third-order valence-electron chi connectivity index (χ3n) is 8.69.